The number of nitrogens with zero attached hydrogens (tertiary/aromatic N) is 1. The molecule has 0 aliphatic heterocycles. The second kappa shape index (κ2) is 8.10. The highest BCUT2D eigenvalue weighted by molar-refractivity contribution is 7.92. The number of allylic oxidation sites excluding steroid dienone is 2. The Morgan fingerprint density at radius 1 is 1.28 bits per heavy atom. The lowest BCUT2D eigenvalue weighted by Crippen LogP contribution is -2.34. The fourth-order valence-electron chi connectivity index (χ4n) is 4.60. The molecule has 0 bridgehead atoms. The second-order valence-corrected chi connectivity index (χ2v) is 10.9. The smallest absolute Gasteiger partial charge is 0.422 e. The number of fused-ring (bicyclic) bond motifs is 3. The summed E-state index contributed by atoms with van der Waals surface area (Å²) in [6, 6.07) is 5.19. The number of aromatic nitrogens is 2. The molecular formula is C23H25F3N2O3S. The maximum atomic E-state index is 12.8. The first kappa shape index (κ1) is 22.6. The summed E-state index contributed by atoms with van der Waals surface area (Å²) in [7, 11) is -3.25. The molecule has 0 saturated carbocycles. The van der Waals surface area contributed by atoms with Crippen molar-refractivity contribution >= 4 is 31.8 Å². The molecule has 4 rings (SSSR count). The van der Waals surface area contributed by atoms with Crippen molar-refractivity contribution in [3.63, 3.8) is 0 Å². The highest BCUT2D eigenvalue weighted by Crippen LogP contribution is 2.43. The highest BCUT2D eigenvalue weighted by Gasteiger charge is 2.37. The number of ether oxygens (including phenoxy) is 1. The molecule has 0 spiro atoms. The molecule has 9 heteroatoms. The van der Waals surface area contributed by atoms with E-state index in [1.165, 1.54) is 6.07 Å². The average molecular weight is 467 g/mol. The number of pyridine rings is 1. The molecule has 1 aliphatic carbocycles. The van der Waals surface area contributed by atoms with E-state index in [1.54, 1.807) is 19.2 Å². The van der Waals surface area contributed by atoms with Crippen molar-refractivity contribution in [2.24, 2.45) is 5.92 Å². The molecule has 172 valence electrons. The zero-order valence-corrected chi connectivity index (χ0v) is 18.8. The van der Waals surface area contributed by atoms with Gasteiger partial charge in [0.25, 0.3) is 0 Å². The van der Waals surface area contributed by atoms with Gasteiger partial charge in [-0.05, 0) is 42.5 Å². The lowest BCUT2D eigenvalue weighted by molar-refractivity contribution is -0.153. The second-order valence-electron chi connectivity index (χ2n) is 8.38. The van der Waals surface area contributed by atoms with Gasteiger partial charge in [-0.25, -0.2) is 13.4 Å². The zero-order chi connectivity index (χ0) is 23.3. The van der Waals surface area contributed by atoms with Crippen LogP contribution in [0.2, 0.25) is 0 Å². The minimum atomic E-state index is -4.46. The van der Waals surface area contributed by atoms with Crippen LogP contribution in [0.5, 0.6) is 5.75 Å². The van der Waals surface area contributed by atoms with Crippen LogP contribution in [0.15, 0.2) is 36.5 Å². The summed E-state index contributed by atoms with van der Waals surface area (Å²) in [5.74, 6) is -0.258. The predicted molar refractivity (Wildman–Crippen MR) is 119 cm³/mol. The van der Waals surface area contributed by atoms with Gasteiger partial charge < -0.3 is 9.72 Å². The molecule has 1 N–H and O–H groups in total. The average Bonchev–Trinajstić information content (AvgIpc) is 3.10. The van der Waals surface area contributed by atoms with E-state index in [0.29, 0.717) is 23.0 Å². The largest absolute Gasteiger partial charge is 0.482 e. The van der Waals surface area contributed by atoms with E-state index in [1.807, 2.05) is 32.1 Å². The third-order valence-electron chi connectivity index (χ3n) is 6.22. The zero-order valence-electron chi connectivity index (χ0n) is 18.0. The Morgan fingerprint density at radius 3 is 2.72 bits per heavy atom. The molecular weight excluding hydrogens is 441 g/mol. The molecule has 0 fully saturated rings. The number of nitrogens with one attached hydrogen (secondary N) is 1. The van der Waals surface area contributed by atoms with Crippen molar-refractivity contribution < 1.29 is 26.3 Å². The van der Waals surface area contributed by atoms with Crippen LogP contribution in [-0.2, 0) is 9.84 Å². The first-order valence-electron chi connectivity index (χ1n) is 10.5. The molecule has 0 saturated heterocycles. The summed E-state index contributed by atoms with van der Waals surface area (Å²) in [4.78, 5) is 7.50. The number of H-pyrrole nitrogens is 1. The number of halogens is 3. The molecule has 5 nitrogen and oxygen atoms in total. The monoisotopic (exact) mass is 466 g/mol. The maximum Gasteiger partial charge on any atom is 0.422 e. The minimum absolute atomic E-state index is 0.0679. The van der Waals surface area contributed by atoms with Gasteiger partial charge in [0.15, 0.2) is 16.4 Å². The third-order valence-corrected chi connectivity index (χ3v) is 8.56. The molecule has 3 unspecified atom stereocenters. The van der Waals surface area contributed by atoms with Crippen molar-refractivity contribution in [3.05, 3.63) is 47.7 Å². The summed E-state index contributed by atoms with van der Waals surface area (Å²) >= 11 is 0. The van der Waals surface area contributed by atoms with Crippen molar-refractivity contribution in [1.82, 2.24) is 9.97 Å². The van der Waals surface area contributed by atoms with Gasteiger partial charge in [-0.1, -0.05) is 32.1 Å². The van der Waals surface area contributed by atoms with Crippen molar-refractivity contribution in [2.45, 2.75) is 44.5 Å². The first-order valence-corrected chi connectivity index (χ1v) is 12.2. The van der Waals surface area contributed by atoms with E-state index in [9.17, 15) is 21.6 Å². The molecule has 2 aromatic heterocycles. The van der Waals surface area contributed by atoms with E-state index in [4.69, 9.17) is 4.74 Å². The molecule has 1 aromatic carbocycles. The summed E-state index contributed by atoms with van der Waals surface area (Å²) in [6.07, 6.45) is 1.56. The van der Waals surface area contributed by atoms with E-state index in [-0.39, 0.29) is 23.3 Å². The fourth-order valence-corrected chi connectivity index (χ4v) is 6.26. The van der Waals surface area contributed by atoms with Crippen LogP contribution in [-0.4, -0.2) is 42.2 Å². The van der Waals surface area contributed by atoms with Gasteiger partial charge in [0.1, 0.15) is 11.4 Å². The van der Waals surface area contributed by atoms with Gasteiger partial charge in [0, 0.05) is 28.6 Å². The molecule has 32 heavy (non-hydrogen) atoms. The van der Waals surface area contributed by atoms with Gasteiger partial charge in [-0.15, -0.1) is 0 Å². The number of aryl methyl sites for hydroxylation is 1. The van der Waals surface area contributed by atoms with Gasteiger partial charge in [-0.2, -0.15) is 13.2 Å². The Balaban J connectivity index is 1.90. The third kappa shape index (κ3) is 4.10. The lowest BCUT2D eigenvalue weighted by atomic mass is 9.79. The number of aromatic amines is 1. The summed E-state index contributed by atoms with van der Waals surface area (Å²) in [6.45, 7) is 4.06. The number of hydrogen-bond acceptors (Lipinski definition) is 4. The highest BCUT2D eigenvalue weighted by atomic mass is 32.2. The Hall–Kier alpha value is -2.55. The fraction of sp³-hybridized carbons (Fsp3) is 0.435. The van der Waals surface area contributed by atoms with Crippen molar-refractivity contribution in [2.75, 3.05) is 12.4 Å². The van der Waals surface area contributed by atoms with Crippen LogP contribution < -0.4 is 4.74 Å². The Labute approximate surface area is 184 Å². The summed E-state index contributed by atoms with van der Waals surface area (Å²) in [5.41, 5.74) is 2.73. The molecule has 2 heterocycles. The van der Waals surface area contributed by atoms with E-state index in [0.717, 1.165) is 16.5 Å². The Kier molecular flexibility index (Phi) is 5.73. The van der Waals surface area contributed by atoms with Crippen LogP contribution in [0.25, 0.3) is 21.9 Å². The van der Waals surface area contributed by atoms with Crippen molar-refractivity contribution in [3.8, 4) is 5.75 Å². The first-order chi connectivity index (χ1) is 15.0. The number of hydrogen-bond donors (Lipinski definition) is 1. The van der Waals surface area contributed by atoms with Crippen LogP contribution >= 0.6 is 0 Å². The van der Waals surface area contributed by atoms with E-state index in [2.05, 4.69) is 9.97 Å². The standard InChI is InChI=1S/C23H25F3N2O3S/c1-4-32(29,30)19-7-5-6-15(14(19)3)16-8-9-18(31-12-23(24,25)26)21-20(16)17-10-13(2)11-27-22(17)28-21/h5-6,8-11,14-15,19H,4,7,12H2,1-3H3,(H,27,28). The molecule has 1 aliphatic rings. The topological polar surface area (TPSA) is 72.1 Å². The molecule has 0 radical (unpaired) electrons. The maximum absolute atomic E-state index is 12.8. The minimum Gasteiger partial charge on any atom is -0.482 e. The Bertz CT molecular complexity index is 1300. The van der Waals surface area contributed by atoms with Crippen LogP contribution in [0, 0.1) is 12.8 Å². The summed E-state index contributed by atoms with van der Waals surface area (Å²) in [5, 5.41) is 0.976. The SMILES string of the molecule is CCS(=O)(=O)C1CC=CC(c2ccc(OCC(F)(F)F)c3[nH]c4ncc(C)cc4c23)C1C. The number of benzene rings is 1. The lowest BCUT2D eigenvalue weighted by Gasteiger charge is -2.32. The van der Waals surface area contributed by atoms with Crippen molar-refractivity contribution in [1.29, 1.82) is 0 Å². The van der Waals surface area contributed by atoms with E-state index < -0.39 is 27.9 Å². The molecule has 0 amide bonds. The van der Waals surface area contributed by atoms with Gasteiger partial charge in [0.05, 0.1) is 10.8 Å². The molecule has 3 atom stereocenters. The van der Waals surface area contributed by atoms with Crippen LogP contribution in [0.4, 0.5) is 13.2 Å². The van der Waals surface area contributed by atoms with Gasteiger partial charge in [0.2, 0.25) is 0 Å². The van der Waals surface area contributed by atoms with Crippen LogP contribution in [0.3, 0.4) is 0 Å². The Morgan fingerprint density at radius 2 is 2.03 bits per heavy atom. The van der Waals surface area contributed by atoms with Crippen LogP contribution in [0.1, 0.15) is 37.3 Å². The van der Waals surface area contributed by atoms with Gasteiger partial charge >= 0.3 is 6.18 Å². The number of rotatable bonds is 5. The summed E-state index contributed by atoms with van der Waals surface area (Å²) < 4.78 is 68.8. The number of alkyl halides is 3. The van der Waals surface area contributed by atoms with E-state index >= 15 is 0 Å². The number of sulfone groups is 1. The quantitative estimate of drug-likeness (QED) is 0.508. The predicted octanol–water partition coefficient (Wildman–Crippen LogP) is 5.45. The van der Waals surface area contributed by atoms with Gasteiger partial charge in [-0.3, -0.25) is 0 Å². The molecule has 3 aromatic rings. The normalized spacial score (nSPS) is 22.0.